The van der Waals surface area contributed by atoms with E-state index in [0.717, 1.165) is 32.9 Å². The van der Waals surface area contributed by atoms with Crippen molar-refractivity contribution in [2.45, 2.75) is 19.9 Å². The van der Waals surface area contributed by atoms with Gasteiger partial charge < -0.3 is 10.1 Å². The second-order valence-corrected chi connectivity index (χ2v) is 5.95. The van der Waals surface area contributed by atoms with E-state index >= 15 is 0 Å². The van der Waals surface area contributed by atoms with Gasteiger partial charge in [0.15, 0.2) is 0 Å². The van der Waals surface area contributed by atoms with Crippen LogP contribution < -0.4 is 10.1 Å². The quantitative estimate of drug-likeness (QED) is 0.756. The molecule has 0 aliphatic carbocycles. The summed E-state index contributed by atoms with van der Waals surface area (Å²) in [6.45, 7) is 5.56. The van der Waals surface area contributed by atoms with E-state index in [0.29, 0.717) is 6.61 Å². The fourth-order valence-electron chi connectivity index (χ4n) is 2.33. The molecule has 0 aromatic heterocycles. The molecule has 1 atom stereocenters. The van der Waals surface area contributed by atoms with E-state index in [2.05, 4.69) is 40.3 Å². The Bertz CT molecular complexity index is 603. The zero-order valence-electron chi connectivity index (χ0n) is 12.2. The van der Waals surface area contributed by atoms with Crippen LogP contribution in [0.5, 0.6) is 5.75 Å². The lowest BCUT2D eigenvalue weighted by molar-refractivity contribution is 0.333. The molecule has 0 radical (unpaired) electrons. The molecule has 4 heteroatoms. The Morgan fingerprint density at radius 2 is 1.90 bits per heavy atom. The Morgan fingerprint density at radius 1 is 1.14 bits per heavy atom. The maximum absolute atomic E-state index is 6.40. The number of para-hydroxylation sites is 1. The van der Waals surface area contributed by atoms with Gasteiger partial charge >= 0.3 is 0 Å². The van der Waals surface area contributed by atoms with Crippen molar-refractivity contribution in [2.75, 3.05) is 13.2 Å². The molecule has 0 saturated heterocycles. The van der Waals surface area contributed by atoms with Gasteiger partial charge in [-0.1, -0.05) is 52.7 Å². The van der Waals surface area contributed by atoms with Gasteiger partial charge in [-0.3, -0.25) is 0 Å². The summed E-state index contributed by atoms with van der Waals surface area (Å²) in [5, 5.41) is 4.24. The van der Waals surface area contributed by atoms with Crippen LogP contribution in [-0.4, -0.2) is 13.2 Å². The van der Waals surface area contributed by atoms with Gasteiger partial charge in [-0.15, -0.1) is 0 Å². The van der Waals surface area contributed by atoms with Crippen LogP contribution in [0, 0.1) is 0 Å². The van der Waals surface area contributed by atoms with Crippen molar-refractivity contribution in [3.05, 3.63) is 63.1 Å². The molecule has 1 unspecified atom stereocenters. The summed E-state index contributed by atoms with van der Waals surface area (Å²) in [6.07, 6.45) is 0. The summed E-state index contributed by atoms with van der Waals surface area (Å²) in [6, 6.07) is 14.0. The molecular formula is C17H19BrClNO. The Balaban J connectivity index is 2.50. The third-order valence-corrected chi connectivity index (χ3v) is 4.04. The minimum absolute atomic E-state index is 0.00255. The average Bonchev–Trinajstić information content (AvgIpc) is 2.49. The smallest absolute Gasteiger partial charge is 0.124 e. The molecule has 21 heavy (non-hydrogen) atoms. The monoisotopic (exact) mass is 367 g/mol. The van der Waals surface area contributed by atoms with E-state index in [1.54, 1.807) is 0 Å². The van der Waals surface area contributed by atoms with E-state index < -0.39 is 0 Å². The Kier molecular flexibility index (Phi) is 6.09. The van der Waals surface area contributed by atoms with E-state index in [-0.39, 0.29) is 6.04 Å². The maximum Gasteiger partial charge on any atom is 0.124 e. The highest BCUT2D eigenvalue weighted by molar-refractivity contribution is 9.10. The van der Waals surface area contributed by atoms with Crippen molar-refractivity contribution in [3.8, 4) is 5.75 Å². The summed E-state index contributed by atoms with van der Waals surface area (Å²) < 4.78 is 6.77. The maximum atomic E-state index is 6.40. The molecule has 2 nitrogen and oxygen atoms in total. The van der Waals surface area contributed by atoms with E-state index in [9.17, 15) is 0 Å². The van der Waals surface area contributed by atoms with Crippen molar-refractivity contribution in [1.82, 2.24) is 5.32 Å². The van der Waals surface area contributed by atoms with Gasteiger partial charge in [0.2, 0.25) is 0 Å². The summed E-state index contributed by atoms with van der Waals surface area (Å²) >= 11 is 9.92. The standard InChI is InChI=1S/C17H19BrClNO/c1-3-20-17(14-11-12(18)9-10-15(14)19)13-7-5-6-8-16(13)21-4-2/h5-11,17,20H,3-4H2,1-2H3. The minimum Gasteiger partial charge on any atom is -0.494 e. The van der Waals surface area contributed by atoms with Crippen LogP contribution >= 0.6 is 27.5 Å². The predicted octanol–water partition coefficient (Wildman–Crippen LogP) is 5.20. The lowest BCUT2D eigenvalue weighted by Gasteiger charge is -2.23. The molecule has 0 heterocycles. The van der Waals surface area contributed by atoms with E-state index in [1.807, 2.05) is 37.3 Å². The number of hydrogen-bond donors (Lipinski definition) is 1. The highest BCUT2D eigenvalue weighted by Crippen LogP contribution is 2.35. The lowest BCUT2D eigenvalue weighted by Crippen LogP contribution is -2.23. The number of nitrogens with one attached hydrogen (secondary N) is 1. The van der Waals surface area contributed by atoms with Crippen molar-refractivity contribution < 1.29 is 4.74 Å². The number of benzene rings is 2. The van der Waals surface area contributed by atoms with Crippen molar-refractivity contribution in [2.24, 2.45) is 0 Å². The lowest BCUT2D eigenvalue weighted by atomic mass is 9.97. The molecule has 0 spiro atoms. The van der Waals surface area contributed by atoms with Crippen molar-refractivity contribution >= 4 is 27.5 Å². The topological polar surface area (TPSA) is 21.3 Å². The summed E-state index contributed by atoms with van der Waals surface area (Å²) in [7, 11) is 0. The summed E-state index contributed by atoms with van der Waals surface area (Å²) in [5.41, 5.74) is 2.14. The van der Waals surface area contributed by atoms with E-state index in [4.69, 9.17) is 16.3 Å². The molecule has 2 aromatic carbocycles. The molecule has 0 bridgehead atoms. The van der Waals surface area contributed by atoms with Gasteiger partial charge in [0.05, 0.1) is 12.6 Å². The molecule has 2 rings (SSSR count). The minimum atomic E-state index is 0.00255. The fraction of sp³-hybridized carbons (Fsp3) is 0.294. The van der Waals surface area contributed by atoms with Crippen LogP contribution in [0.3, 0.4) is 0 Å². The molecule has 0 aliphatic heterocycles. The normalized spacial score (nSPS) is 12.2. The molecule has 2 aromatic rings. The van der Waals surface area contributed by atoms with Crippen LogP contribution in [0.25, 0.3) is 0 Å². The zero-order valence-corrected chi connectivity index (χ0v) is 14.5. The third kappa shape index (κ3) is 4.00. The second kappa shape index (κ2) is 7.83. The molecule has 1 N–H and O–H groups in total. The number of halogens is 2. The largest absolute Gasteiger partial charge is 0.494 e. The number of ether oxygens (including phenoxy) is 1. The molecule has 112 valence electrons. The SMILES string of the molecule is CCNC(c1cc(Br)ccc1Cl)c1ccccc1OCC. The van der Waals surface area contributed by atoms with Gasteiger partial charge in [-0.05, 0) is 43.3 Å². The Morgan fingerprint density at radius 3 is 2.62 bits per heavy atom. The highest BCUT2D eigenvalue weighted by atomic mass is 79.9. The van der Waals surface area contributed by atoms with Gasteiger partial charge in [-0.2, -0.15) is 0 Å². The molecule has 0 amide bonds. The van der Waals surface area contributed by atoms with Gasteiger partial charge in [0.1, 0.15) is 5.75 Å². The first-order chi connectivity index (χ1) is 10.2. The van der Waals surface area contributed by atoms with Crippen LogP contribution in [0.15, 0.2) is 46.9 Å². The number of rotatable bonds is 6. The zero-order chi connectivity index (χ0) is 15.2. The molecular weight excluding hydrogens is 350 g/mol. The predicted molar refractivity (Wildman–Crippen MR) is 92.3 cm³/mol. The molecule has 0 saturated carbocycles. The Hall–Kier alpha value is -1.03. The first kappa shape index (κ1) is 16.3. The van der Waals surface area contributed by atoms with Crippen LogP contribution in [-0.2, 0) is 0 Å². The van der Waals surface area contributed by atoms with Crippen LogP contribution in [0.4, 0.5) is 0 Å². The second-order valence-electron chi connectivity index (χ2n) is 4.63. The first-order valence-electron chi connectivity index (χ1n) is 7.07. The first-order valence-corrected chi connectivity index (χ1v) is 8.24. The van der Waals surface area contributed by atoms with Crippen LogP contribution in [0.2, 0.25) is 5.02 Å². The third-order valence-electron chi connectivity index (χ3n) is 3.21. The summed E-state index contributed by atoms with van der Waals surface area (Å²) in [4.78, 5) is 0. The van der Waals surface area contributed by atoms with Crippen molar-refractivity contribution in [1.29, 1.82) is 0 Å². The summed E-state index contributed by atoms with van der Waals surface area (Å²) in [5.74, 6) is 0.891. The fourth-order valence-corrected chi connectivity index (χ4v) is 2.94. The van der Waals surface area contributed by atoms with Crippen molar-refractivity contribution in [3.63, 3.8) is 0 Å². The van der Waals surface area contributed by atoms with Gasteiger partial charge in [0.25, 0.3) is 0 Å². The molecule has 0 aliphatic rings. The number of hydrogen-bond acceptors (Lipinski definition) is 2. The van der Waals surface area contributed by atoms with Crippen LogP contribution in [0.1, 0.15) is 31.0 Å². The van der Waals surface area contributed by atoms with Gasteiger partial charge in [-0.25, -0.2) is 0 Å². The van der Waals surface area contributed by atoms with Gasteiger partial charge in [0, 0.05) is 15.1 Å². The average molecular weight is 369 g/mol. The van der Waals surface area contributed by atoms with E-state index in [1.165, 1.54) is 0 Å². The Labute approximate surface area is 139 Å². The molecule has 0 fully saturated rings. The highest BCUT2D eigenvalue weighted by Gasteiger charge is 2.20.